The van der Waals surface area contributed by atoms with Gasteiger partial charge in [0.2, 0.25) is 0 Å². The average molecular weight is 426 g/mol. The van der Waals surface area contributed by atoms with Crippen molar-refractivity contribution < 1.29 is 24.2 Å². The lowest BCUT2D eigenvalue weighted by Gasteiger charge is -2.34. The van der Waals surface area contributed by atoms with E-state index in [0.29, 0.717) is 35.9 Å². The van der Waals surface area contributed by atoms with Crippen LogP contribution >= 0.6 is 0 Å². The minimum absolute atomic E-state index is 0.0503. The number of ether oxygens (including phenoxy) is 2. The topological polar surface area (TPSA) is 76.1 Å². The lowest BCUT2D eigenvalue weighted by Crippen LogP contribution is -2.47. The van der Waals surface area contributed by atoms with Gasteiger partial charge >= 0.3 is 5.97 Å². The fourth-order valence-electron chi connectivity index (χ4n) is 3.74. The third-order valence-corrected chi connectivity index (χ3v) is 5.33. The molecule has 1 heterocycles. The Hall–Kier alpha value is -3.02. The molecule has 166 valence electrons. The first-order chi connectivity index (χ1) is 15.0. The largest absolute Gasteiger partial charge is 0.493 e. The van der Waals surface area contributed by atoms with Crippen LogP contribution in [0.25, 0.3) is 0 Å². The van der Waals surface area contributed by atoms with Gasteiger partial charge in [-0.05, 0) is 30.5 Å². The van der Waals surface area contributed by atoms with Crippen LogP contribution in [0.15, 0.2) is 48.5 Å². The molecule has 1 amide bonds. The van der Waals surface area contributed by atoms with Gasteiger partial charge in [0.05, 0.1) is 18.7 Å². The van der Waals surface area contributed by atoms with Gasteiger partial charge in [-0.1, -0.05) is 57.0 Å². The Balaban J connectivity index is 1.63. The molecule has 1 unspecified atom stereocenters. The van der Waals surface area contributed by atoms with Crippen LogP contribution in [-0.4, -0.2) is 36.2 Å². The summed E-state index contributed by atoms with van der Waals surface area (Å²) in [6, 6.07) is 14.7. The maximum absolute atomic E-state index is 13.1. The summed E-state index contributed by atoms with van der Waals surface area (Å²) in [4.78, 5) is 26.0. The minimum Gasteiger partial charge on any atom is -0.493 e. The number of carbonyl (C=O) groups excluding carboxylic acids is 1. The van der Waals surface area contributed by atoms with Crippen molar-refractivity contribution in [2.45, 2.75) is 52.1 Å². The van der Waals surface area contributed by atoms with Crippen LogP contribution < -0.4 is 14.4 Å². The number of anilines is 1. The highest BCUT2D eigenvalue weighted by Crippen LogP contribution is 2.35. The zero-order valence-electron chi connectivity index (χ0n) is 18.3. The number of fused-ring (bicyclic) bond motifs is 1. The summed E-state index contributed by atoms with van der Waals surface area (Å²) in [7, 11) is 0. The number of benzene rings is 2. The Morgan fingerprint density at radius 3 is 2.65 bits per heavy atom. The molecule has 1 atom stereocenters. The molecule has 0 saturated heterocycles. The number of amides is 1. The highest BCUT2D eigenvalue weighted by atomic mass is 16.5. The molecule has 1 aliphatic heterocycles. The lowest BCUT2D eigenvalue weighted by molar-refractivity contribution is -0.136. The number of aliphatic carboxylic acids is 1. The smallest absolute Gasteiger partial charge is 0.307 e. The number of hydrogen-bond acceptors (Lipinski definition) is 4. The number of nitrogens with zero attached hydrogens (tertiary/aromatic N) is 1. The molecule has 2 aromatic carbocycles. The maximum atomic E-state index is 13.1. The molecule has 0 aromatic heterocycles. The van der Waals surface area contributed by atoms with Crippen LogP contribution in [-0.2, 0) is 16.0 Å². The van der Waals surface area contributed by atoms with E-state index in [-0.39, 0.29) is 18.9 Å². The summed E-state index contributed by atoms with van der Waals surface area (Å²) >= 11 is 0. The third-order valence-electron chi connectivity index (χ3n) is 5.33. The molecule has 0 saturated carbocycles. The maximum Gasteiger partial charge on any atom is 0.307 e. The summed E-state index contributed by atoms with van der Waals surface area (Å²) in [6.45, 7) is 5.35. The standard InChI is InChI=1S/C25H31NO5/c1-18(2)9-7-8-15-26-20-11-4-6-13-22(20)31-23(25(26)29)14-16-30-21-12-5-3-10-19(21)17-24(27)28/h3-6,10-13,18,23H,7-9,14-17H2,1-2H3,(H,27,28). The Morgan fingerprint density at radius 1 is 1.13 bits per heavy atom. The van der Waals surface area contributed by atoms with Gasteiger partial charge in [0.25, 0.3) is 5.91 Å². The summed E-state index contributed by atoms with van der Waals surface area (Å²) < 4.78 is 11.8. The minimum atomic E-state index is -0.911. The second-order valence-electron chi connectivity index (χ2n) is 8.27. The van der Waals surface area contributed by atoms with Crippen LogP contribution in [0.2, 0.25) is 0 Å². The van der Waals surface area contributed by atoms with Gasteiger partial charge in [0.1, 0.15) is 11.5 Å². The molecular weight excluding hydrogens is 394 g/mol. The zero-order valence-corrected chi connectivity index (χ0v) is 18.3. The number of rotatable bonds is 11. The average Bonchev–Trinajstić information content (AvgIpc) is 2.73. The molecule has 2 aromatic rings. The van der Waals surface area contributed by atoms with E-state index in [1.54, 1.807) is 24.3 Å². The molecule has 3 rings (SSSR count). The Kier molecular flexibility index (Phi) is 7.93. The molecule has 1 aliphatic rings. The van der Waals surface area contributed by atoms with Crippen LogP contribution in [0, 0.1) is 5.92 Å². The fourth-order valence-corrected chi connectivity index (χ4v) is 3.74. The van der Waals surface area contributed by atoms with Crippen LogP contribution in [0.5, 0.6) is 11.5 Å². The van der Waals surface area contributed by atoms with E-state index in [9.17, 15) is 9.59 Å². The van der Waals surface area contributed by atoms with E-state index in [1.165, 1.54) is 0 Å². The predicted octanol–water partition coefficient (Wildman–Crippen LogP) is 4.70. The molecule has 1 N–H and O–H groups in total. The summed E-state index contributed by atoms with van der Waals surface area (Å²) in [5, 5.41) is 9.07. The van der Waals surface area contributed by atoms with Gasteiger partial charge in [-0.15, -0.1) is 0 Å². The molecule has 31 heavy (non-hydrogen) atoms. The number of carbonyl (C=O) groups is 2. The van der Waals surface area contributed by atoms with Crippen molar-refractivity contribution in [3.05, 3.63) is 54.1 Å². The first-order valence-corrected chi connectivity index (χ1v) is 10.9. The Morgan fingerprint density at radius 2 is 1.87 bits per heavy atom. The molecule has 0 spiro atoms. The number of carboxylic acids is 1. The summed E-state index contributed by atoms with van der Waals surface area (Å²) in [6.07, 6.45) is 2.84. The lowest BCUT2D eigenvalue weighted by atomic mass is 10.1. The highest BCUT2D eigenvalue weighted by molar-refractivity contribution is 6.00. The van der Waals surface area contributed by atoms with Crippen molar-refractivity contribution in [3.8, 4) is 11.5 Å². The first kappa shape index (κ1) is 22.7. The van der Waals surface area contributed by atoms with Gasteiger partial charge in [-0.3, -0.25) is 9.59 Å². The van der Waals surface area contributed by atoms with Crippen molar-refractivity contribution in [1.82, 2.24) is 0 Å². The first-order valence-electron chi connectivity index (χ1n) is 10.9. The number of carboxylic acid groups (broad SMARTS) is 1. The third kappa shape index (κ3) is 6.23. The summed E-state index contributed by atoms with van der Waals surface area (Å²) in [5.74, 6) is 0.931. The SMILES string of the molecule is CC(C)CCCCN1C(=O)C(CCOc2ccccc2CC(=O)O)Oc2ccccc21. The quantitative estimate of drug-likeness (QED) is 0.528. The van der Waals surface area contributed by atoms with Crippen molar-refractivity contribution in [3.63, 3.8) is 0 Å². The van der Waals surface area contributed by atoms with E-state index in [0.717, 1.165) is 24.9 Å². The van der Waals surface area contributed by atoms with Gasteiger partial charge in [-0.25, -0.2) is 0 Å². The van der Waals surface area contributed by atoms with Crippen LogP contribution in [0.3, 0.4) is 0 Å². The molecule has 0 bridgehead atoms. The Bertz CT molecular complexity index is 895. The fraction of sp³-hybridized carbons (Fsp3) is 0.440. The van der Waals surface area contributed by atoms with Gasteiger partial charge in [0, 0.05) is 18.5 Å². The van der Waals surface area contributed by atoms with Crippen molar-refractivity contribution >= 4 is 17.6 Å². The molecule has 0 fully saturated rings. The molecular formula is C25H31NO5. The van der Waals surface area contributed by atoms with Crippen LogP contribution in [0.1, 0.15) is 45.1 Å². The normalized spacial score (nSPS) is 15.5. The molecule has 6 nitrogen and oxygen atoms in total. The number of unbranched alkanes of at least 4 members (excludes halogenated alkanes) is 1. The zero-order chi connectivity index (χ0) is 22.2. The van der Waals surface area contributed by atoms with Gasteiger partial charge < -0.3 is 19.5 Å². The van der Waals surface area contributed by atoms with E-state index >= 15 is 0 Å². The molecule has 6 heteroatoms. The molecule has 0 aliphatic carbocycles. The highest BCUT2D eigenvalue weighted by Gasteiger charge is 2.33. The van der Waals surface area contributed by atoms with E-state index in [1.807, 2.05) is 29.2 Å². The van der Waals surface area contributed by atoms with Gasteiger partial charge in [-0.2, -0.15) is 0 Å². The van der Waals surface area contributed by atoms with Crippen molar-refractivity contribution in [1.29, 1.82) is 0 Å². The van der Waals surface area contributed by atoms with Crippen molar-refractivity contribution in [2.24, 2.45) is 5.92 Å². The van der Waals surface area contributed by atoms with Gasteiger partial charge in [0.15, 0.2) is 6.10 Å². The van der Waals surface area contributed by atoms with Crippen molar-refractivity contribution in [2.75, 3.05) is 18.1 Å². The molecule has 0 radical (unpaired) electrons. The Labute approximate surface area is 183 Å². The van der Waals surface area contributed by atoms with E-state index in [2.05, 4.69) is 13.8 Å². The summed E-state index contributed by atoms with van der Waals surface area (Å²) in [5.41, 5.74) is 1.43. The second kappa shape index (κ2) is 10.8. The monoisotopic (exact) mass is 425 g/mol. The number of para-hydroxylation sites is 3. The number of hydrogen-bond donors (Lipinski definition) is 1. The predicted molar refractivity (Wildman–Crippen MR) is 120 cm³/mol. The van der Waals surface area contributed by atoms with E-state index < -0.39 is 12.1 Å². The second-order valence-corrected chi connectivity index (χ2v) is 8.27. The van der Waals surface area contributed by atoms with E-state index in [4.69, 9.17) is 14.6 Å². The van der Waals surface area contributed by atoms with Crippen LogP contribution in [0.4, 0.5) is 5.69 Å².